The standard InChI is InChI=1S/C21H25ClN4O/c1-3-4-5-18-20(15-6-8-16(22)9-7-15)19(21(23)27)14(2)26(18)11-10-17-12-24-13-25-17/h6-9,12-13H,3-5,10-11H2,1-2H3,(H2,23,27)(H,24,25). The highest BCUT2D eigenvalue weighted by Crippen LogP contribution is 2.34. The number of unbranched alkanes of at least 4 members (excludes halogenated alkanes) is 1. The second kappa shape index (κ2) is 8.44. The molecule has 0 saturated carbocycles. The van der Waals surface area contributed by atoms with Crippen LogP contribution in [0, 0.1) is 6.92 Å². The normalized spacial score (nSPS) is 11.1. The third-order valence-corrected chi connectivity index (χ3v) is 5.19. The molecule has 3 N–H and O–H groups in total. The number of rotatable bonds is 8. The Morgan fingerprint density at radius 1 is 1.26 bits per heavy atom. The number of carbonyl (C=O) groups excluding carboxylic acids is 1. The monoisotopic (exact) mass is 384 g/mol. The van der Waals surface area contributed by atoms with Crippen LogP contribution in [0.15, 0.2) is 36.8 Å². The van der Waals surface area contributed by atoms with Gasteiger partial charge in [0.05, 0.1) is 11.9 Å². The van der Waals surface area contributed by atoms with Gasteiger partial charge in [-0.15, -0.1) is 0 Å². The van der Waals surface area contributed by atoms with Crippen molar-refractivity contribution in [3.8, 4) is 11.1 Å². The van der Waals surface area contributed by atoms with Gasteiger partial charge in [-0.1, -0.05) is 37.1 Å². The van der Waals surface area contributed by atoms with Gasteiger partial charge >= 0.3 is 0 Å². The summed E-state index contributed by atoms with van der Waals surface area (Å²) in [5.74, 6) is -0.393. The SMILES string of the molecule is CCCCc1c(-c2ccc(Cl)cc2)c(C(N)=O)c(C)n1CCc1cnc[nH]1. The number of H-pyrrole nitrogens is 1. The average molecular weight is 385 g/mol. The molecule has 3 aromatic rings. The predicted molar refractivity (Wildman–Crippen MR) is 109 cm³/mol. The number of hydrogen-bond donors (Lipinski definition) is 2. The Morgan fingerprint density at radius 3 is 2.59 bits per heavy atom. The number of benzene rings is 1. The van der Waals surface area contributed by atoms with E-state index in [4.69, 9.17) is 17.3 Å². The topological polar surface area (TPSA) is 76.7 Å². The van der Waals surface area contributed by atoms with E-state index >= 15 is 0 Å². The van der Waals surface area contributed by atoms with E-state index in [2.05, 4.69) is 21.5 Å². The summed E-state index contributed by atoms with van der Waals surface area (Å²) in [6.07, 6.45) is 7.35. The molecule has 0 spiro atoms. The Kier molecular flexibility index (Phi) is 6.01. The van der Waals surface area contributed by atoms with Crippen LogP contribution in [0.4, 0.5) is 0 Å². The number of halogens is 1. The fourth-order valence-corrected chi connectivity index (χ4v) is 3.71. The van der Waals surface area contributed by atoms with Crippen molar-refractivity contribution in [2.75, 3.05) is 0 Å². The molecule has 0 radical (unpaired) electrons. The van der Waals surface area contributed by atoms with Crippen LogP contribution < -0.4 is 5.73 Å². The van der Waals surface area contributed by atoms with E-state index in [-0.39, 0.29) is 0 Å². The minimum absolute atomic E-state index is 0.393. The molecule has 1 amide bonds. The third-order valence-electron chi connectivity index (χ3n) is 4.94. The summed E-state index contributed by atoms with van der Waals surface area (Å²) in [5, 5.41) is 0.671. The number of nitrogens with two attached hydrogens (primary N) is 1. The Balaban J connectivity index is 2.11. The van der Waals surface area contributed by atoms with Crippen molar-refractivity contribution in [1.29, 1.82) is 0 Å². The molecule has 0 aliphatic rings. The fraction of sp³-hybridized carbons (Fsp3) is 0.333. The minimum atomic E-state index is -0.393. The molecule has 2 aromatic heterocycles. The molecule has 0 saturated heterocycles. The predicted octanol–water partition coefficient (Wildman–Crippen LogP) is 4.52. The Labute approximate surface area is 164 Å². The maximum atomic E-state index is 12.3. The zero-order valence-corrected chi connectivity index (χ0v) is 16.5. The smallest absolute Gasteiger partial charge is 0.251 e. The van der Waals surface area contributed by atoms with E-state index in [1.807, 2.05) is 37.4 Å². The van der Waals surface area contributed by atoms with Crippen LogP contribution in [0.2, 0.25) is 5.02 Å². The zero-order valence-electron chi connectivity index (χ0n) is 15.8. The molecule has 6 heteroatoms. The van der Waals surface area contributed by atoms with Crippen molar-refractivity contribution in [1.82, 2.24) is 14.5 Å². The number of nitrogens with one attached hydrogen (secondary N) is 1. The number of hydrogen-bond acceptors (Lipinski definition) is 2. The maximum absolute atomic E-state index is 12.3. The summed E-state index contributed by atoms with van der Waals surface area (Å²) < 4.78 is 2.24. The number of imidazole rings is 1. The molecule has 0 atom stereocenters. The van der Waals surface area contributed by atoms with Gasteiger partial charge in [0.2, 0.25) is 0 Å². The highest BCUT2D eigenvalue weighted by Gasteiger charge is 2.24. The highest BCUT2D eigenvalue weighted by molar-refractivity contribution is 6.30. The van der Waals surface area contributed by atoms with Crippen molar-refractivity contribution in [2.24, 2.45) is 5.73 Å². The van der Waals surface area contributed by atoms with Gasteiger partial charge in [-0.25, -0.2) is 4.98 Å². The van der Waals surface area contributed by atoms with Crippen LogP contribution in [-0.4, -0.2) is 20.4 Å². The van der Waals surface area contributed by atoms with Gasteiger partial charge in [0.25, 0.3) is 5.91 Å². The van der Waals surface area contributed by atoms with Gasteiger partial charge in [-0.3, -0.25) is 4.79 Å². The van der Waals surface area contributed by atoms with Crippen molar-refractivity contribution in [3.63, 3.8) is 0 Å². The lowest BCUT2D eigenvalue weighted by atomic mass is 9.97. The van der Waals surface area contributed by atoms with Crippen LogP contribution in [-0.2, 0) is 19.4 Å². The van der Waals surface area contributed by atoms with E-state index in [1.165, 1.54) is 0 Å². The summed E-state index contributed by atoms with van der Waals surface area (Å²) >= 11 is 6.06. The lowest BCUT2D eigenvalue weighted by Crippen LogP contribution is -2.14. The van der Waals surface area contributed by atoms with Crippen molar-refractivity contribution in [2.45, 2.75) is 46.1 Å². The quantitative estimate of drug-likeness (QED) is 0.598. The number of carbonyl (C=O) groups is 1. The molecule has 0 bridgehead atoms. The first kappa shape index (κ1) is 19.2. The fourth-order valence-electron chi connectivity index (χ4n) is 3.59. The number of aromatic amines is 1. The van der Waals surface area contributed by atoms with Crippen LogP contribution in [0.1, 0.15) is 47.2 Å². The van der Waals surface area contributed by atoms with Crippen LogP contribution in [0.5, 0.6) is 0 Å². The molecule has 0 aliphatic carbocycles. The molecule has 0 aliphatic heterocycles. The van der Waals surface area contributed by atoms with Crippen LogP contribution in [0.25, 0.3) is 11.1 Å². The molecule has 5 nitrogen and oxygen atoms in total. The van der Waals surface area contributed by atoms with Gasteiger partial charge in [0.15, 0.2) is 0 Å². The molecule has 142 valence electrons. The zero-order chi connectivity index (χ0) is 19.4. The summed E-state index contributed by atoms with van der Waals surface area (Å²) in [4.78, 5) is 19.5. The first-order valence-corrected chi connectivity index (χ1v) is 9.65. The minimum Gasteiger partial charge on any atom is -0.366 e. The van der Waals surface area contributed by atoms with Crippen LogP contribution in [0.3, 0.4) is 0 Å². The first-order chi connectivity index (χ1) is 13.0. The van der Waals surface area contributed by atoms with E-state index in [9.17, 15) is 4.79 Å². The van der Waals surface area contributed by atoms with Gasteiger partial charge in [-0.2, -0.15) is 0 Å². The van der Waals surface area contributed by atoms with Gasteiger partial charge in [0, 0.05) is 46.8 Å². The molecule has 1 aromatic carbocycles. The summed E-state index contributed by atoms with van der Waals surface area (Å²) in [7, 11) is 0. The molecular weight excluding hydrogens is 360 g/mol. The Morgan fingerprint density at radius 2 is 2.00 bits per heavy atom. The average Bonchev–Trinajstić information content (AvgIpc) is 3.25. The molecule has 27 heavy (non-hydrogen) atoms. The van der Waals surface area contributed by atoms with Crippen LogP contribution >= 0.6 is 11.6 Å². The maximum Gasteiger partial charge on any atom is 0.251 e. The van der Waals surface area contributed by atoms with Crippen molar-refractivity contribution < 1.29 is 4.79 Å². The molecule has 3 rings (SSSR count). The lowest BCUT2D eigenvalue weighted by molar-refractivity contribution is 0.1000. The summed E-state index contributed by atoms with van der Waals surface area (Å²) in [6.45, 7) is 4.91. The second-order valence-electron chi connectivity index (χ2n) is 6.74. The highest BCUT2D eigenvalue weighted by atomic mass is 35.5. The molecular formula is C21H25ClN4O. The molecule has 2 heterocycles. The summed E-state index contributed by atoms with van der Waals surface area (Å²) in [5.41, 5.74) is 11.4. The number of primary amides is 1. The lowest BCUT2D eigenvalue weighted by Gasteiger charge is -2.13. The van der Waals surface area contributed by atoms with Crippen molar-refractivity contribution in [3.05, 3.63) is 64.5 Å². The Hall–Kier alpha value is -2.53. The summed E-state index contributed by atoms with van der Waals surface area (Å²) in [6, 6.07) is 7.61. The van der Waals surface area contributed by atoms with E-state index in [0.29, 0.717) is 10.6 Å². The molecule has 0 unspecified atom stereocenters. The molecule has 0 fully saturated rings. The largest absolute Gasteiger partial charge is 0.366 e. The van der Waals surface area contributed by atoms with E-state index in [1.54, 1.807) is 6.33 Å². The first-order valence-electron chi connectivity index (χ1n) is 9.27. The number of aromatic nitrogens is 3. The number of nitrogens with zero attached hydrogens (tertiary/aromatic N) is 2. The van der Waals surface area contributed by atoms with E-state index < -0.39 is 5.91 Å². The van der Waals surface area contributed by atoms with Gasteiger partial charge in [0.1, 0.15) is 0 Å². The van der Waals surface area contributed by atoms with Crippen molar-refractivity contribution >= 4 is 17.5 Å². The third kappa shape index (κ3) is 4.08. The van der Waals surface area contributed by atoms with Gasteiger partial charge < -0.3 is 15.3 Å². The van der Waals surface area contributed by atoms with Gasteiger partial charge in [-0.05, 0) is 37.5 Å². The number of amides is 1. The second-order valence-corrected chi connectivity index (χ2v) is 7.17. The Bertz CT molecular complexity index is 911. The van der Waals surface area contributed by atoms with E-state index in [0.717, 1.165) is 60.4 Å². The number of aryl methyl sites for hydroxylation is 1.